The third-order valence-corrected chi connectivity index (χ3v) is 7.48. The Labute approximate surface area is 208 Å². The zero-order valence-corrected chi connectivity index (χ0v) is 21.5. The Kier molecular flexibility index (Phi) is 11.7. The van der Waals surface area contributed by atoms with E-state index in [1.54, 1.807) is 0 Å². The fraction of sp³-hybridized carbons (Fsp3) is 0.462. The topological polar surface area (TPSA) is 102 Å². The number of unbranched alkanes of at least 4 members (excludes halogenated alkanes) is 1. The Morgan fingerprint density at radius 1 is 0.943 bits per heavy atom. The molecule has 0 aliphatic heterocycles. The van der Waals surface area contributed by atoms with Crippen molar-refractivity contribution in [2.75, 3.05) is 19.4 Å². The second-order valence-electron chi connectivity index (χ2n) is 8.73. The van der Waals surface area contributed by atoms with Gasteiger partial charge in [-0.05, 0) is 36.3 Å². The van der Waals surface area contributed by atoms with Crippen molar-refractivity contribution in [2.24, 2.45) is 5.92 Å². The minimum absolute atomic E-state index is 0.0673. The van der Waals surface area contributed by atoms with E-state index in [0.717, 1.165) is 11.1 Å². The highest BCUT2D eigenvalue weighted by Gasteiger charge is 2.35. The lowest BCUT2D eigenvalue weighted by Gasteiger charge is -2.30. The molecule has 2 rings (SSSR count). The summed E-state index contributed by atoms with van der Waals surface area (Å²) in [5.41, 5.74) is 1.68. The van der Waals surface area contributed by atoms with Gasteiger partial charge in [0, 0.05) is 13.1 Å². The average Bonchev–Trinajstić information content (AvgIpc) is 2.84. The number of benzene rings is 2. The molecule has 192 valence electrons. The molecule has 9 heteroatoms. The zero-order valence-electron chi connectivity index (χ0n) is 20.7. The van der Waals surface area contributed by atoms with Gasteiger partial charge in [0.05, 0.1) is 12.9 Å². The van der Waals surface area contributed by atoms with E-state index in [9.17, 15) is 18.0 Å². The molecule has 0 aliphatic rings. The van der Waals surface area contributed by atoms with Crippen LogP contribution in [0.25, 0.3) is 0 Å². The van der Waals surface area contributed by atoms with Crippen LogP contribution in [0.3, 0.4) is 0 Å². The second kappa shape index (κ2) is 14.5. The molecule has 0 heterocycles. The molecule has 1 N–H and O–H groups in total. The van der Waals surface area contributed by atoms with E-state index in [1.807, 2.05) is 74.5 Å². The van der Waals surface area contributed by atoms with E-state index in [2.05, 4.69) is 5.32 Å². The van der Waals surface area contributed by atoms with E-state index in [1.165, 1.54) is 11.4 Å². The fourth-order valence-corrected chi connectivity index (χ4v) is 5.58. The van der Waals surface area contributed by atoms with Crippen molar-refractivity contribution in [3.63, 3.8) is 0 Å². The average molecular weight is 505 g/mol. The lowest BCUT2D eigenvalue weighted by Crippen LogP contribution is -2.46. The van der Waals surface area contributed by atoms with Crippen LogP contribution < -0.4 is 5.32 Å². The first-order valence-electron chi connectivity index (χ1n) is 11.8. The van der Waals surface area contributed by atoms with Crippen LogP contribution in [0.2, 0.25) is 0 Å². The molecule has 2 aromatic carbocycles. The van der Waals surface area contributed by atoms with Gasteiger partial charge in [0.1, 0.15) is 12.6 Å². The van der Waals surface area contributed by atoms with E-state index in [4.69, 9.17) is 9.47 Å². The number of alkyl carbamates (subject to hydrolysis) is 1. The molecule has 1 unspecified atom stereocenters. The maximum Gasteiger partial charge on any atom is 0.407 e. The molecule has 0 fully saturated rings. The van der Waals surface area contributed by atoms with Crippen LogP contribution in [0.1, 0.15) is 44.2 Å². The Morgan fingerprint density at radius 2 is 1.54 bits per heavy atom. The van der Waals surface area contributed by atoms with Gasteiger partial charge in [-0.1, -0.05) is 74.5 Å². The normalized spacial score (nSPS) is 12.4. The highest BCUT2D eigenvalue weighted by atomic mass is 32.2. The third kappa shape index (κ3) is 10.1. The van der Waals surface area contributed by atoms with Gasteiger partial charge in [-0.3, -0.25) is 4.79 Å². The molecule has 0 aliphatic carbocycles. The third-order valence-electron chi connectivity index (χ3n) is 5.29. The summed E-state index contributed by atoms with van der Waals surface area (Å²) in [6.07, 6.45) is 0.819. The summed E-state index contributed by atoms with van der Waals surface area (Å²) < 4.78 is 37.8. The Balaban J connectivity index is 1.96. The number of amides is 1. The minimum Gasteiger partial charge on any atom is -0.468 e. The summed E-state index contributed by atoms with van der Waals surface area (Å²) in [6, 6.07) is 17.6. The summed E-state index contributed by atoms with van der Waals surface area (Å²) in [5, 5.41) is 2.69. The van der Waals surface area contributed by atoms with E-state index in [0.29, 0.717) is 19.4 Å². The molecule has 35 heavy (non-hydrogen) atoms. The molecule has 0 bridgehead atoms. The first kappa shape index (κ1) is 28.3. The standard InChI is InChI=1S/C26H36N2O6S/c1-21(2)20-35(31,32)28(18-22-12-6-4-7-13-22)24(25(29)33-3)16-10-11-17-27-26(30)34-19-23-14-8-5-9-15-23/h4-9,12-15,21,24H,10-11,16-20H2,1-3H3,(H,27,30). The van der Waals surface area contributed by atoms with Gasteiger partial charge in [0.2, 0.25) is 10.0 Å². The number of nitrogens with zero attached hydrogens (tertiary/aromatic N) is 1. The van der Waals surface area contributed by atoms with Crippen LogP contribution in [-0.4, -0.2) is 50.2 Å². The van der Waals surface area contributed by atoms with Gasteiger partial charge in [-0.2, -0.15) is 4.31 Å². The highest BCUT2D eigenvalue weighted by Crippen LogP contribution is 2.21. The van der Waals surface area contributed by atoms with Crippen LogP contribution in [0.4, 0.5) is 4.79 Å². The first-order valence-corrected chi connectivity index (χ1v) is 13.4. The number of ether oxygens (including phenoxy) is 2. The number of esters is 1. The number of rotatable bonds is 14. The molecule has 0 aromatic heterocycles. The van der Waals surface area contributed by atoms with Crippen LogP contribution in [0.5, 0.6) is 0 Å². The van der Waals surface area contributed by atoms with Crippen LogP contribution >= 0.6 is 0 Å². The van der Waals surface area contributed by atoms with Crippen molar-refractivity contribution in [3.05, 3.63) is 71.8 Å². The number of carbonyl (C=O) groups excluding carboxylic acids is 2. The van der Waals surface area contributed by atoms with Crippen molar-refractivity contribution < 1.29 is 27.5 Å². The van der Waals surface area contributed by atoms with Gasteiger partial charge < -0.3 is 14.8 Å². The summed E-state index contributed by atoms with van der Waals surface area (Å²) in [5.74, 6) is -0.756. The number of nitrogens with one attached hydrogen (secondary N) is 1. The van der Waals surface area contributed by atoms with E-state index in [-0.39, 0.29) is 31.2 Å². The molecule has 0 saturated heterocycles. The molecule has 0 spiro atoms. The second-order valence-corrected chi connectivity index (χ2v) is 10.7. The largest absolute Gasteiger partial charge is 0.468 e. The Morgan fingerprint density at radius 3 is 2.11 bits per heavy atom. The van der Waals surface area contributed by atoms with Crippen LogP contribution in [0, 0.1) is 5.92 Å². The van der Waals surface area contributed by atoms with Crippen LogP contribution in [-0.2, 0) is 37.4 Å². The summed E-state index contributed by atoms with van der Waals surface area (Å²) in [6.45, 7) is 4.26. The van der Waals surface area contributed by atoms with Crippen LogP contribution in [0.15, 0.2) is 60.7 Å². The van der Waals surface area contributed by atoms with Gasteiger partial charge >= 0.3 is 12.1 Å². The molecule has 1 atom stereocenters. The number of hydrogen-bond donors (Lipinski definition) is 1. The highest BCUT2D eigenvalue weighted by molar-refractivity contribution is 7.89. The molecular formula is C26H36N2O6S. The molecular weight excluding hydrogens is 468 g/mol. The molecule has 2 aromatic rings. The van der Waals surface area contributed by atoms with Gasteiger partial charge in [-0.25, -0.2) is 13.2 Å². The smallest absolute Gasteiger partial charge is 0.407 e. The quantitative estimate of drug-likeness (QED) is 0.307. The predicted octanol–water partition coefficient (Wildman–Crippen LogP) is 4.11. The molecule has 0 radical (unpaired) electrons. The summed E-state index contributed by atoms with van der Waals surface area (Å²) in [7, 11) is -2.46. The molecule has 1 amide bonds. The number of sulfonamides is 1. The van der Waals surface area contributed by atoms with Crippen molar-refractivity contribution in [1.82, 2.24) is 9.62 Å². The lowest BCUT2D eigenvalue weighted by atomic mass is 10.1. The van der Waals surface area contributed by atoms with Crippen molar-refractivity contribution >= 4 is 22.1 Å². The van der Waals surface area contributed by atoms with Gasteiger partial charge in [0.25, 0.3) is 0 Å². The number of methoxy groups -OCH3 is 1. The monoisotopic (exact) mass is 504 g/mol. The van der Waals surface area contributed by atoms with Crippen molar-refractivity contribution in [1.29, 1.82) is 0 Å². The maximum atomic E-state index is 13.2. The predicted molar refractivity (Wildman–Crippen MR) is 135 cm³/mol. The van der Waals surface area contributed by atoms with Gasteiger partial charge in [0.15, 0.2) is 0 Å². The van der Waals surface area contributed by atoms with Crippen molar-refractivity contribution in [3.8, 4) is 0 Å². The van der Waals surface area contributed by atoms with E-state index >= 15 is 0 Å². The lowest BCUT2D eigenvalue weighted by molar-refractivity contribution is -0.145. The molecule has 0 saturated carbocycles. The SMILES string of the molecule is COC(=O)C(CCCCNC(=O)OCc1ccccc1)N(Cc1ccccc1)S(=O)(=O)CC(C)C. The maximum absolute atomic E-state index is 13.2. The fourth-order valence-electron chi connectivity index (χ4n) is 3.63. The first-order chi connectivity index (χ1) is 16.7. The Hall–Kier alpha value is -2.91. The minimum atomic E-state index is -3.72. The molecule has 8 nitrogen and oxygen atoms in total. The summed E-state index contributed by atoms with van der Waals surface area (Å²) in [4.78, 5) is 24.6. The van der Waals surface area contributed by atoms with E-state index < -0.39 is 28.1 Å². The Bertz CT molecular complexity index is 1010. The number of carbonyl (C=O) groups is 2. The number of hydrogen-bond acceptors (Lipinski definition) is 6. The summed E-state index contributed by atoms with van der Waals surface area (Å²) >= 11 is 0. The zero-order chi connectivity index (χ0) is 25.7. The van der Waals surface area contributed by atoms with Gasteiger partial charge in [-0.15, -0.1) is 0 Å². The van der Waals surface area contributed by atoms with Crippen molar-refractivity contribution in [2.45, 2.75) is 52.3 Å².